The SMILES string of the molecule is C[C@@]1(Cc2ccc(Br)cc2)C(=O)N(c2cc(Cl)cc(Cl)c2)C(=O)N1CCCCn1ccnc1. The van der Waals surface area contributed by atoms with Crippen LogP contribution in [0.4, 0.5) is 10.5 Å². The highest BCUT2D eigenvalue weighted by Crippen LogP contribution is 2.37. The van der Waals surface area contributed by atoms with Gasteiger partial charge in [0.15, 0.2) is 0 Å². The van der Waals surface area contributed by atoms with Crippen molar-refractivity contribution in [3.05, 3.63) is 81.3 Å². The highest BCUT2D eigenvalue weighted by Gasteiger charge is 2.54. The van der Waals surface area contributed by atoms with Crippen LogP contribution in [0, 0.1) is 0 Å². The van der Waals surface area contributed by atoms with E-state index in [0.29, 0.717) is 28.7 Å². The van der Waals surface area contributed by atoms with E-state index in [0.717, 1.165) is 29.4 Å². The van der Waals surface area contributed by atoms with Crippen molar-refractivity contribution in [3.63, 3.8) is 0 Å². The van der Waals surface area contributed by atoms with Crippen molar-refractivity contribution in [2.45, 2.75) is 38.3 Å². The Morgan fingerprint density at radius 1 is 1.00 bits per heavy atom. The van der Waals surface area contributed by atoms with Crippen LogP contribution < -0.4 is 4.90 Å². The topological polar surface area (TPSA) is 58.4 Å². The van der Waals surface area contributed by atoms with Crippen LogP contribution in [0.5, 0.6) is 0 Å². The lowest BCUT2D eigenvalue weighted by Gasteiger charge is -2.32. The molecule has 6 nitrogen and oxygen atoms in total. The Hall–Kier alpha value is -2.35. The molecule has 9 heteroatoms. The molecule has 33 heavy (non-hydrogen) atoms. The van der Waals surface area contributed by atoms with Crippen LogP contribution in [0.15, 0.2) is 65.7 Å². The van der Waals surface area contributed by atoms with E-state index in [9.17, 15) is 9.59 Å². The number of aromatic nitrogens is 2. The maximum atomic E-state index is 13.7. The molecule has 0 radical (unpaired) electrons. The molecule has 0 aliphatic carbocycles. The first kappa shape index (κ1) is 23.8. The standard InChI is InChI=1S/C24H23BrCl2N4O2/c1-24(15-17-4-6-18(25)7-5-17)22(32)31(21-13-19(26)12-20(27)14-21)23(33)30(24)10-3-2-9-29-11-8-28-16-29/h4-8,11-14,16H,2-3,9-10,15H2,1H3/t24-/m1/s1. The van der Waals surface area contributed by atoms with Crippen molar-refractivity contribution in [1.29, 1.82) is 0 Å². The summed E-state index contributed by atoms with van der Waals surface area (Å²) in [7, 11) is 0. The number of hydrogen-bond donors (Lipinski definition) is 0. The van der Waals surface area contributed by atoms with Crippen LogP contribution in [-0.4, -0.2) is 38.5 Å². The number of imidazole rings is 1. The van der Waals surface area contributed by atoms with Gasteiger partial charge in [0.2, 0.25) is 0 Å². The molecule has 0 N–H and O–H groups in total. The van der Waals surface area contributed by atoms with Gasteiger partial charge in [0.05, 0.1) is 12.0 Å². The van der Waals surface area contributed by atoms with Crippen molar-refractivity contribution in [3.8, 4) is 0 Å². The second-order valence-electron chi connectivity index (χ2n) is 8.29. The number of unbranched alkanes of at least 4 members (excludes halogenated alkanes) is 1. The summed E-state index contributed by atoms with van der Waals surface area (Å²) in [6, 6.07) is 12.2. The lowest BCUT2D eigenvalue weighted by atomic mass is 9.91. The van der Waals surface area contributed by atoms with Gasteiger partial charge in [0, 0.05) is 46.4 Å². The molecular formula is C24H23BrCl2N4O2. The van der Waals surface area contributed by atoms with E-state index in [1.807, 2.05) is 42.0 Å². The second-order valence-corrected chi connectivity index (χ2v) is 10.1. The fourth-order valence-electron chi connectivity index (χ4n) is 4.17. The molecule has 1 aliphatic rings. The van der Waals surface area contributed by atoms with Gasteiger partial charge in [-0.1, -0.05) is 51.3 Å². The number of carbonyl (C=O) groups excluding carboxylic acids is 2. The number of urea groups is 1. The lowest BCUT2D eigenvalue weighted by Crippen LogP contribution is -2.49. The van der Waals surface area contributed by atoms with Gasteiger partial charge in [-0.15, -0.1) is 0 Å². The molecule has 0 bridgehead atoms. The predicted octanol–water partition coefficient (Wildman–Crippen LogP) is 6.20. The third-order valence-corrected chi connectivity index (χ3v) is 6.82. The number of carbonyl (C=O) groups is 2. The van der Waals surface area contributed by atoms with E-state index in [2.05, 4.69) is 20.9 Å². The summed E-state index contributed by atoms with van der Waals surface area (Å²) in [6.07, 6.45) is 7.42. The van der Waals surface area contributed by atoms with Crippen LogP contribution in [0.25, 0.3) is 0 Å². The average molecular weight is 550 g/mol. The summed E-state index contributed by atoms with van der Waals surface area (Å²) in [5, 5.41) is 0.734. The van der Waals surface area contributed by atoms with Crippen molar-refractivity contribution in [2.24, 2.45) is 0 Å². The Kier molecular flexibility index (Phi) is 7.12. The zero-order valence-corrected chi connectivity index (χ0v) is 21.1. The minimum absolute atomic E-state index is 0.289. The Labute approximate surface area is 211 Å². The van der Waals surface area contributed by atoms with Gasteiger partial charge >= 0.3 is 6.03 Å². The normalized spacial score (nSPS) is 18.4. The quantitative estimate of drug-likeness (QED) is 0.248. The molecule has 1 atom stereocenters. The number of hydrogen-bond acceptors (Lipinski definition) is 3. The van der Waals surface area contributed by atoms with Crippen molar-refractivity contribution in [1.82, 2.24) is 14.5 Å². The van der Waals surface area contributed by atoms with Gasteiger partial charge in [0.25, 0.3) is 5.91 Å². The molecular weight excluding hydrogens is 527 g/mol. The third kappa shape index (κ3) is 5.10. The van der Waals surface area contributed by atoms with E-state index in [1.165, 1.54) is 4.90 Å². The van der Waals surface area contributed by atoms with Gasteiger partial charge in [0.1, 0.15) is 5.54 Å². The molecule has 1 aromatic heterocycles. The summed E-state index contributed by atoms with van der Waals surface area (Å²) >= 11 is 15.8. The number of anilines is 1. The third-order valence-electron chi connectivity index (χ3n) is 5.86. The van der Waals surface area contributed by atoms with E-state index in [-0.39, 0.29) is 11.9 Å². The smallest absolute Gasteiger partial charge is 0.332 e. The number of amides is 3. The number of rotatable bonds is 8. The van der Waals surface area contributed by atoms with Crippen LogP contribution in [0.3, 0.4) is 0 Å². The number of nitrogens with zero attached hydrogens (tertiary/aromatic N) is 4. The maximum Gasteiger partial charge on any atom is 0.332 e. The summed E-state index contributed by atoms with van der Waals surface area (Å²) < 4.78 is 2.95. The summed E-state index contributed by atoms with van der Waals surface area (Å²) in [6.45, 7) is 3.08. The zero-order valence-electron chi connectivity index (χ0n) is 18.0. The van der Waals surface area contributed by atoms with E-state index in [1.54, 1.807) is 35.6 Å². The molecule has 172 valence electrons. The molecule has 2 aromatic carbocycles. The number of benzene rings is 2. The molecule has 2 heterocycles. The Bertz CT molecular complexity index is 1130. The van der Waals surface area contributed by atoms with E-state index < -0.39 is 5.54 Å². The van der Waals surface area contributed by atoms with Crippen LogP contribution in [0.1, 0.15) is 25.3 Å². The van der Waals surface area contributed by atoms with Crippen LogP contribution in [-0.2, 0) is 17.8 Å². The molecule has 0 saturated carbocycles. The van der Waals surface area contributed by atoms with Gasteiger partial charge < -0.3 is 9.47 Å². The highest BCUT2D eigenvalue weighted by atomic mass is 79.9. The van der Waals surface area contributed by atoms with Crippen molar-refractivity contribution in [2.75, 3.05) is 11.4 Å². The number of aryl methyl sites for hydroxylation is 1. The molecule has 3 amide bonds. The maximum absolute atomic E-state index is 13.7. The zero-order chi connectivity index (χ0) is 23.6. The Morgan fingerprint density at radius 2 is 1.67 bits per heavy atom. The molecule has 3 aromatic rings. The highest BCUT2D eigenvalue weighted by molar-refractivity contribution is 9.10. The first-order valence-corrected chi connectivity index (χ1v) is 12.2. The van der Waals surface area contributed by atoms with Crippen LogP contribution in [0.2, 0.25) is 10.0 Å². The molecule has 0 spiro atoms. The second kappa shape index (κ2) is 9.87. The van der Waals surface area contributed by atoms with Gasteiger partial charge in [-0.05, 0) is 55.7 Å². The summed E-state index contributed by atoms with van der Waals surface area (Å²) in [5.41, 5.74) is 0.316. The molecule has 1 aliphatic heterocycles. The fourth-order valence-corrected chi connectivity index (χ4v) is 4.95. The van der Waals surface area contributed by atoms with E-state index in [4.69, 9.17) is 23.2 Å². The molecule has 4 rings (SSSR count). The van der Waals surface area contributed by atoms with E-state index >= 15 is 0 Å². The average Bonchev–Trinajstić information content (AvgIpc) is 3.33. The lowest BCUT2D eigenvalue weighted by molar-refractivity contribution is -0.124. The molecule has 0 unspecified atom stereocenters. The van der Waals surface area contributed by atoms with Gasteiger partial charge in [-0.3, -0.25) is 4.79 Å². The first-order chi connectivity index (χ1) is 15.8. The number of imide groups is 1. The number of halogens is 3. The fraction of sp³-hybridized carbons (Fsp3) is 0.292. The predicted molar refractivity (Wildman–Crippen MR) is 134 cm³/mol. The van der Waals surface area contributed by atoms with Crippen molar-refractivity contribution >= 4 is 56.8 Å². The van der Waals surface area contributed by atoms with Gasteiger partial charge in [-0.25, -0.2) is 14.7 Å². The largest absolute Gasteiger partial charge is 0.337 e. The summed E-state index contributed by atoms with van der Waals surface area (Å²) in [5.74, 6) is -0.289. The minimum Gasteiger partial charge on any atom is -0.337 e. The summed E-state index contributed by atoms with van der Waals surface area (Å²) in [4.78, 5) is 34.2. The van der Waals surface area contributed by atoms with Gasteiger partial charge in [-0.2, -0.15) is 0 Å². The molecule has 1 saturated heterocycles. The Morgan fingerprint density at radius 3 is 2.30 bits per heavy atom. The minimum atomic E-state index is -1.03. The first-order valence-electron chi connectivity index (χ1n) is 10.6. The Balaban J connectivity index is 1.61. The molecule has 1 fully saturated rings. The van der Waals surface area contributed by atoms with Crippen LogP contribution >= 0.6 is 39.1 Å². The van der Waals surface area contributed by atoms with Crippen molar-refractivity contribution < 1.29 is 9.59 Å². The monoisotopic (exact) mass is 548 g/mol.